The summed E-state index contributed by atoms with van der Waals surface area (Å²) in [5.41, 5.74) is 10.0. The number of nitrogens with zero attached hydrogens (tertiary/aromatic N) is 3. The molecule has 0 aliphatic rings. The third-order valence-electron chi connectivity index (χ3n) is 4.58. The number of benzene rings is 3. The zero-order valence-electron chi connectivity index (χ0n) is 15.3. The molecule has 2 aromatic heterocycles. The third kappa shape index (κ3) is 3.33. The molecule has 0 aliphatic heterocycles. The molecule has 0 unspecified atom stereocenters. The molecule has 0 amide bonds. The number of fused-ring (bicyclic) bond motifs is 2. The zero-order valence-corrected chi connectivity index (χ0v) is 15.3. The number of imidazole rings is 1. The predicted molar refractivity (Wildman–Crippen MR) is 116 cm³/mol. The molecule has 0 saturated carbocycles. The molecular formula is C23H16N6. The van der Waals surface area contributed by atoms with Crippen LogP contribution < -0.4 is 11.1 Å². The number of aromatic nitrogens is 4. The zero-order chi connectivity index (χ0) is 19.6. The van der Waals surface area contributed by atoms with Crippen LogP contribution in [0.5, 0.6) is 0 Å². The Morgan fingerprint density at radius 3 is 2.41 bits per heavy atom. The van der Waals surface area contributed by atoms with Crippen LogP contribution in [0.3, 0.4) is 0 Å². The van der Waals surface area contributed by atoms with Gasteiger partial charge in [0.2, 0.25) is 11.9 Å². The maximum absolute atomic E-state index is 5.53. The maximum atomic E-state index is 5.53. The first-order valence-electron chi connectivity index (χ1n) is 9.09. The maximum Gasteiger partial charge on any atom is 0.219 e. The van der Waals surface area contributed by atoms with Crippen molar-refractivity contribution in [2.75, 3.05) is 11.1 Å². The van der Waals surface area contributed by atoms with Crippen molar-refractivity contribution in [2.45, 2.75) is 0 Å². The summed E-state index contributed by atoms with van der Waals surface area (Å²) < 4.78 is 0. The van der Waals surface area contributed by atoms with E-state index in [2.05, 4.69) is 49.2 Å². The highest BCUT2D eigenvalue weighted by Crippen LogP contribution is 2.28. The largest absolute Gasteiger partial charge is 0.368 e. The minimum absolute atomic E-state index is 0.238. The fourth-order valence-corrected chi connectivity index (χ4v) is 3.20. The number of nitrogen functional groups attached to an aromatic ring is 1. The van der Waals surface area contributed by atoms with Gasteiger partial charge in [-0.25, -0.2) is 15.0 Å². The minimum atomic E-state index is 0.238. The van der Waals surface area contributed by atoms with Crippen LogP contribution in [0, 0.1) is 11.8 Å². The number of para-hydroxylation sites is 2. The Morgan fingerprint density at radius 2 is 1.59 bits per heavy atom. The lowest BCUT2D eigenvalue weighted by molar-refractivity contribution is 1.17. The molecular weight excluding hydrogens is 360 g/mol. The van der Waals surface area contributed by atoms with Gasteiger partial charge in [-0.15, -0.1) is 0 Å². The molecule has 138 valence electrons. The molecule has 0 saturated heterocycles. The number of rotatable bonds is 2. The van der Waals surface area contributed by atoms with E-state index >= 15 is 0 Å². The van der Waals surface area contributed by atoms with E-state index in [1.807, 2.05) is 48.5 Å². The van der Waals surface area contributed by atoms with Gasteiger partial charge in [0.25, 0.3) is 0 Å². The van der Waals surface area contributed by atoms with Crippen molar-refractivity contribution in [1.29, 1.82) is 0 Å². The second-order valence-corrected chi connectivity index (χ2v) is 6.51. The third-order valence-corrected chi connectivity index (χ3v) is 4.58. The van der Waals surface area contributed by atoms with Crippen LogP contribution in [0.4, 0.5) is 17.6 Å². The van der Waals surface area contributed by atoms with Crippen LogP contribution in [-0.2, 0) is 0 Å². The van der Waals surface area contributed by atoms with Crippen LogP contribution in [-0.4, -0.2) is 19.9 Å². The Bertz CT molecular complexity index is 1360. The number of H-pyrrole nitrogens is 1. The second-order valence-electron chi connectivity index (χ2n) is 6.51. The van der Waals surface area contributed by atoms with E-state index in [1.54, 1.807) is 12.4 Å². The van der Waals surface area contributed by atoms with Gasteiger partial charge in [0.15, 0.2) is 0 Å². The molecule has 5 aromatic rings. The van der Waals surface area contributed by atoms with Gasteiger partial charge < -0.3 is 16.0 Å². The van der Waals surface area contributed by atoms with Crippen molar-refractivity contribution in [1.82, 2.24) is 19.9 Å². The molecule has 4 N–H and O–H groups in total. The monoisotopic (exact) mass is 376 g/mol. The summed E-state index contributed by atoms with van der Waals surface area (Å²) in [5.74, 6) is 7.25. The smallest absolute Gasteiger partial charge is 0.219 e. The number of hydrogen-bond acceptors (Lipinski definition) is 5. The minimum Gasteiger partial charge on any atom is -0.368 e. The van der Waals surface area contributed by atoms with E-state index in [0.717, 1.165) is 33.1 Å². The summed E-state index contributed by atoms with van der Waals surface area (Å²) in [5, 5.41) is 5.51. The molecule has 29 heavy (non-hydrogen) atoms. The second kappa shape index (κ2) is 6.98. The van der Waals surface area contributed by atoms with E-state index in [1.165, 1.54) is 0 Å². The number of hydrogen-bond donors (Lipinski definition) is 3. The number of anilines is 3. The Balaban J connectivity index is 1.53. The highest BCUT2D eigenvalue weighted by molar-refractivity contribution is 5.99. The van der Waals surface area contributed by atoms with Gasteiger partial charge >= 0.3 is 0 Å². The Labute approximate surface area is 166 Å². The van der Waals surface area contributed by atoms with Crippen molar-refractivity contribution >= 4 is 39.4 Å². The van der Waals surface area contributed by atoms with Crippen LogP contribution in [0.15, 0.2) is 73.1 Å². The number of nitrogens with two attached hydrogens (primary N) is 1. The van der Waals surface area contributed by atoms with Crippen molar-refractivity contribution in [3.05, 3.63) is 84.2 Å². The lowest BCUT2D eigenvalue weighted by Gasteiger charge is -2.09. The molecule has 0 spiro atoms. The molecule has 0 bridgehead atoms. The molecule has 0 fully saturated rings. The Morgan fingerprint density at radius 1 is 0.828 bits per heavy atom. The van der Waals surface area contributed by atoms with Gasteiger partial charge in [0.1, 0.15) is 0 Å². The van der Waals surface area contributed by atoms with Gasteiger partial charge in [0.05, 0.1) is 16.6 Å². The van der Waals surface area contributed by atoms with Crippen molar-refractivity contribution < 1.29 is 0 Å². The van der Waals surface area contributed by atoms with Crippen LogP contribution in [0.25, 0.3) is 21.8 Å². The summed E-state index contributed by atoms with van der Waals surface area (Å²) in [4.78, 5) is 15.9. The summed E-state index contributed by atoms with van der Waals surface area (Å²) in [6.07, 6.45) is 3.24. The molecule has 5 rings (SSSR count). The van der Waals surface area contributed by atoms with Gasteiger partial charge in [-0.3, -0.25) is 0 Å². The van der Waals surface area contributed by atoms with E-state index < -0.39 is 0 Å². The van der Waals surface area contributed by atoms with Crippen LogP contribution in [0.1, 0.15) is 11.1 Å². The Hall–Kier alpha value is -4.37. The quantitative estimate of drug-likeness (QED) is 0.401. The van der Waals surface area contributed by atoms with Gasteiger partial charge in [0, 0.05) is 29.0 Å². The van der Waals surface area contributed by atoms with Crippen LogP contribution >= 0.6 is 0 Å². The highest BCUT2D eigenvalue weighted by atomic mass is 15.1. The molecule has 0 atom stereocenters. The molecule has 2 heterocycles. The van der Waals surface area contributed by atoms with Crippen LogP contribution in [0.2, 0.25) is 0 Å². The van der Waals surface area contributed by atoms with Gasteiger partial charge in [-0.1, -0.05) is 48.2 Å². The predicted octanol–water partition coefficient (Wildman–Crippen LogP) is 4.23. The van der Waals surface area contributed by atoms with Crippen molar-refractivity contribution in [3.8, 4) is 11.8 Å². The highest BCUT2D eigenvalue weighted by Gasteiger charge is 2.07. The molecule has 3 aromatic carbocycles. The SMILES string of the molecule is Nc1ncc(C#Cc2ccc(Nc3nc4ccccc4[nH]3)c3ccccc23)cn1. The van der Waals surface area contributed by atoms with E-state index in [4.69, 9.17) is 5.73 Å². The van der Waals surface area contributed by atoms with E-state index in [-0.39, 0.29) is 5.95 Å². The first-order valence-corrected chi connectivity index (χ1v) is 9.09. The molecule has 0 radical (unpaired) electrons. The molecule has 0 aliphatic carbocycles. The average molecular weight is 376 g/mol. The lowest BCUT2D eigenvalue weighted by atomic mass is 10.0. The van der Waals surface area contributed by atoms with E-state index in [0.29, 0.717) is 11.5 Å². The van der Waals surface area contributed by atoms with Gasteiger partial charge in [-0.2, -0.15) is 0 Å². The summed E-state index contributed by atoms with van der Waals surface area (Å²) >= 11 is 0. The fourth-order valence-electron chi connectivity index (χ4n) is 3.20. The fraction of sp³-hybridized carbons (Fsp3) is 0. The standard InChI is InChI=1S/C23H16N6/c24-22-25-13-15(14-26-22)9-10-16-11-12-19(18-6-2-1-5-17(16)18)27-23-28-20-7-3-4-8-21(20)29-23/h1-8,11-14H,(H2,24,25,26)(H2,27,28,29). The number of aromatic amines is 1. The van der Waals surface area contributed by atoms with E-state index in [9.17, 15) is 0 Å². The first-order chi connectivity index (χ1) is 14.3. The molecule has 6 heteroatoms. The Kier molecular flexibility index (Phi) is 4.04. The summed E-state index contributed by atoms with van der Waals surface area (Å²) in [7, 11) is 0. The lowest BCUT2D eigenvalue weighted by Crippen LogP contribution is -1.95. The van der Waals surface area contributed by atoms with Crippen molar-refractivity contribution in [3.63, 3.8) is 0 Å². The molecule has 6 nitrogen and oxygen atoms in total. The number of nitrogens with one attached hydrogen (secondary N) is 2. The van der Waals surface area contributed by atoms with Gasteiger partial charge in [-0.05, 0) is 29.7 Å². The summed E-state index contributed by atoms with van der Waals surface area (Å²) in [6.45, 7) is 0. The first kappa shape index (κ1) is 16.8. The average Bonchev–Trinajstić information content (AvgIpc) is 3.17. The topological polar surface area (TPSA) is 92.5 Å². The normalized spacial score (nSPS) is 10.6. The van der Waals surface area contributed by atoms with Crippen molar-refractivity contribution in [2.24, 2.45) is 0 Å². The summed E-state index contributed by atoms with van der Waals surface area (Å²) in [6, 6.07) is 20.1.